The molecule has 0 spiro atoms. The fraction of sp³-hybridized carbons (Fsp3) is 0.948. The summed E-state index contributed by atoms with van der Waals surface area (Å²) in [7, 11) is 0. The van der Waals surface area contributed by atoms with Crippen LogP contribution in [0.1, 0.15) is 273 Å². The van der Waals surface area contributed by atoms with E-state index in [1.807, 2.05) is 6.08 Å². The van der Waals surface area contributed by atoms with Crippen molar-refractivity contribution in [3.8, 4) is 0 Å². The molecule has 8 heterocycles. The predicted octanol–water partition coefficient (Wildman–Crippen LogP) is -1.60. The average molecular weight is 2030 g/mol. The molecule has 8 aliphatic heterocycles. The fourth-order valence-corrected chi connectivity index (χ4v) is 19.3. The number of aliphatic hydroxyl groups is 22. The van der Waals surface area contributed by atoms with Crippen LogP contribution in [0.4, 0.5) is 0 Å². The zero-order valence-electron chi connectivity index (χ0n) is 82.4. The molecule has 8 aliphatic rings. The van der Waals surface area contributed by atoms with Gasteiger partial charge < -0.3 is 204 Å². The zero-order chi connectivity index (χ0) is 102. The summed E-state index contributed by atoms with van der Waals surface area (Å²) in [4.78, 5) is 40.5. The van der Waals surface area contributed by atoms with Crippen molar-refractivity contribution in [1.82, 2.24) is 16.0 Å². The Morgan fingerprint density at radius 3 is 1.06 bits per heavy atom. The Labute approximate surface area is 821 Å². The minimum Gasteiger partial charge on any atom is -0.394 e. The van der Waals surface area contributed by atoms with Crippen molar-refractivity contribution in [2.75, 3.05) is 46.2 Å². The van der Waals surface area contributed by atoms with E-state index in [-0.39, 0.29) is 12.3 Å². The van der Waals surface area contributed by atoms with E-state index in [1.165, 1.54) is 174 Å². The molecule has 0 radical (unpaired) electrons. The molecule has 0 aromatic heterocycles. The molecule has 0 saturated carbocycles. The zero-order valence-corrected chi connectivity index (χ0v) is 82.4. The standard InChI is InChI=1S/C96H173N3O41/c1-7-9-11-13-15-17-19-21-22-23-24-25-26-27-28-29-30-32-34-36-38-40-42-44-64(109)99-56(57(108)43-41-39-37-35-33-31-20-18-16-14-12-10-8-2)51-125-91-80(123)77(120)83(63(50-105)133-91)134-94-81(124)85(71(114)60(47-102)129-94)137-89-65(97-54(5)106)73(116)82(62(49-104)132-89)135-96-88(140-93-79(122)75(118)68(111)53(4)127-93)86(72(115)61(48-103)131-96)138-90-66(98-55(6)107)84(70(113)59(46-101)128-90)136-95-87(76(119)69(112)58(45-100)130-95)139-92-78(121)74(117)67(110)52(3)126-92/h41,43,52-53,56-63,65-96,100-105,108,110-124H,7-40,42,44-51H2,1-6H3,(H,97,106)(H,98,107)(H,99,109)/b43-41+/t52?,53?,56-,57+,58?,59?,60?,61?,62?,63?,65?,66?,67+,68+,69-,70-,71-,72-,73+,74?,75?,76-,77+,78-,79-,80?,81?,82+,83+,84+,85-,86-,87?,88?,89-,90+,91+,92+,93+,94-,95-,96-/m0/s1. The average Bonchev–Trinajstić information content (AvgIpc) is 0.724. The van der Waals surface area contributed by atoms with Gasteiger partial charge in [-0.15, -0.1) is 0 Å². The van der Waals surface area contributed by atoms with Gasteiger partial charge in [0.1, 0.15) is 183 Å². The lowest BCUT2D eigenvalue weighted by atomic mass is 9.93. The number of rotatable bonds is 64. The third-order valence-electron chi connectivity index (χ3n) is 27.9. The van der Waals surface area contributed by atoms with Crippen LogP contribution in [0.25, 0.3) is 0 Å². The highest BCUT2D eigenvalue weighted by atomic mass is 16.8. The smallest absolute Gasteiger partial charge is 0.220 e. The van der Waals surface area contributed by atoms with E-state index < -0.39 is 316 Å². The summed E-state index contributed by atoms with van der Waals surface area (Å²) < 4.78 is 97.4. The van der Waals surface area contributed by atoms with Gasteiger partial charge in [-0.2, -0.15) is 0 Å². The molecule has 44 nitrogen and oxygen atoms in total. The Hall–Kier alpha value is -3.37. The van der Waals surface area contributed by atoms with Gasteiger partial charge in [0.2, 0.25) is 17.7 Å². The van der Waals surface area contributed by atoms with E-state index in [0.717, 1.165) is 65.2 Å². The van der Waals surface area contributed by atoms with Crippen molar-refractivity contribution in [1.29, 1.82) is 0 Å². The highest BCUT2D eigenvalue weighted by molar-refractivity contribution is 5.76. The molecular weight excluding hydrogens is 1850 g/mol. The first-order chi connectivity index (χ1) is 67.2. The molecular formula is C96H173N3O41. The predicted molar refractivity (Wildman–Crippen MR) is 493 cm³/mol. The second-order valence-electron chi connectivity index (χ2n) is 39.1. The number of amides is 3. The van der Waals surface area contributed by atoms with Gasteiger partial charge in [-0.3, -0.25) is 14.4 Å². The van der Waals surface area contributed by atoms with Gasteiger partial charge in [0.05, 0.1) is 70.6 Å². The maximum atomic E-state index is 13.7. The number of carbonyl (C=O) groups is 3. The number of aliphatic hydroxyl groups excluding tert-OH is 22. The topological polar surface area (TPSA) is 680 Å². The lowest BCUT2D eigenvalue weighted by molar-refractivity contribution is -0.406. The van der Waals surface area contributed by atoms with E-state index in [9.17, 15) is 127 Å². The van der Waals surface area contributed by atoms with Crippen LogP contribution in [-0.4, -0.2) is 434 Å². The van der Waals surface area contributed by atoms with E-state index >= 15 is 0 Å². The largest absolute Gasteiger partial charge is 0.394 e. The van der Waals surface area contributed by atoms with Crippen molar-refractivity contribution in [2.24, 2.45) is 0 Å². The Bertz CT molecular complexity index is 3380. The van der Waals surface area contributed by atoms with Crippen LogP contribution >= 0.6 is 0 Å². The van der Waals surface area contributed by atoms with Gasteiger partial charge in [0, 0.05) is 20.3 Å². The first-order valence-electron chi connectivity index (χ1n) is 51.7. The fourth-order valence-electron chi connectivity index (χ4n) is 19.3. The first kappa shape index (κ1) is 122. The molecule has 16 unspecified atom stereocenters. The van der Waals surface area contributed by atoms with Crippen LogP contribution in [0.3, 0.4) is 0 Å². The minimum absolute atomic E-state index is 0.149. The van der Waals surface area contributed by atoms with Gasteiger partial charge in [0.15, 0.2) is 50.3 Å². The molecule has 0 aromatic rings. The van der Waals surface area contributed by atoms with Crippen molar-refractivity contribution in [3.63, 3.8) is 0 Å². The number of nitrogens with one attached hydrogen (secondary N) is 3. The Balaban J connectivity index is 0.939. The van der Waals surface area contributed by atoms with E-state index in [1.54, 1.807) is 6.08 Å². The van der Waals surface area contributed by atoms with E-state index in [0.29, 0.717) is 12.8 Å². The van der Waals surface area contributed by atoms with Crippen molar-refractivity contribution in [2.45, 2.75) is 530 Å². The Morgan fingerprint density at radius 1 is 0.293 bits per heavy atom. The summed E-state index contributed by atoms with van der Waals surface area (Å²) in [6.07, 6.45) is -32.4. The second kappa shape index (κ2) is 64.2. The summed E-state index contributed by atoms with van der Waals surface area (Å²) in [5, 5.41) is 258. The normalized spacial score (nSPS) is 38.8. The van der Waals surface area contributed by atoms with Crippen LogP contribution < -0.4 is 16.0 Å². The first-order valence-corrected chi connectivity index (χ1v) is 51.7. The number of allylic oxidation sites excluding steroid dienone is 1. The number of ether oxygens (including phenoxy) is 16. The lowest BCUT2D eigenvalue weighted by Gasteiger charge is -2.52. The molecule has 0 aliphatic carbocycles. The molecule has 44 heteroatoms. The number of hydrogen-bond donors (Lipinski definition) is 25. The molecule has 8 fully saturated rings. The van der Waals surface area contributed by atoms with Crippen LogP contribution in [0.5, 0.6) is 0 Å². The molecule has 818 valence electrons. The minimum atomic E-state index is -2.31. The van der Waals surface area contributed by atoms with Crippen molar-refractivity contribution >= 4 is 17.7 Å². The number of hydrogen-bond acceptors (Lipinski definition) is 41. The quantitative estimate of drug-likeness (QED) is 0.0241. The van der Waals surface area contributed by atoms with E-state index in [4.69, 9.17) is 75.8 Å². The molecule has 140 heavy (non-hydrogen) atoms. The Kier molecular flexibility index (Phi) is 55.9. The monoisotopic (exact) mass is 2020 g/mol. The molecule has 3 amide bonds. The highest BCUT2D eigenvalue weighted by Gasteiger charge is 2.61. The molecule has 0 aromatic carbocycles. The summed E-state index contributed by atoms with van der Waals surface area (Å²) >= 11 is 0. The lowest BCUT2D eigenvalue weighted by Crippen LogP contribution is -2.71. The Morgan fingerprint density at radius 2 is 0.607 bits per heavy atom. The highest BCUT2D eigenvalue weighted by Crippen LogP contribution is 2.41. The van der Waals surface area contributed by atoms with Gasteiger partial charge in [-0.1, -0.05) is 231 Å². The maximum Gasteiger partial charge on any atom is 0.220 e. The summed E-state index contributed by atoms with van der Waals surface area (Å²) in [5.74, 6) is -2.27. The third kappa shape index (κ3) is 36.2. The van der Waals surface area contributed by atoms with Gasteiger partial charge in [-0.05, 0) is 33.1 Å². The summed E-state index contributed by atoms with van der Waals surface area (Å²) in [6.45, 7) is 1.85. The SMILES string of the molecule is CCCCCCCCCCCCC/C=C/[C@@H](O)[C@H](CO[C@@H]1OC(CO)[C@@H](O[C@@H]2OC(CO)[C@H](O)[C@H](O[C@@H]3OC(CO)[C@@H](O[C@@H]4OC(CO)[C@H](O)[C@H](O[C@H]5OC(CO)[C@H](O)[C@H](O[C@@H]6OC(CO)[C@H](O)[C@H](O)C6O[C@H]6OC(C)[C@@H](O)C(O)[C@@H]6O)C5NC(C)=O)C4O[C@H]4OC(C)[C@@H](O)C(O)[C@@H]4O)[C@H](O)C3NC(C)=O)C2O)[C@H](O)C1O)NC(=O)CCCCCCCCCCCCCCCCCCCCCCCCC. The second-order valence-corrected chi connectivity index (χ2v) is 39.1. The maximum absolute atomic E-state index is 13.7. The van der Waals surface area contributed by atoms with E-state index in [2.05, 4.69) is 29.8 Å². The molecule has 42 atom stereocenters. The molecule has 8 saturated heterocycles. The van der Waals surface area contributed by atoms with Gasteiger partial charge in [-0.25, -0.2) is 0 Å². The third-order valence-corrected chi connectivity index (χ3v) is 27.9. The molecule has 0 bridgehead atoms. The van der Waals surface area contributed by atoms with Crippen LogP contribution in [-0.2, 0) is 90.2 Å². The number of unbranched alkanes of at least 4 members (excludes halogenated alkanes) is 33. The van der Waals surface area contributed by atoms with Crippen LogP contribution in [0.15, 0.2) is 12.2 Å². The summed E-state index contributed by atoms with van der Waals surface area (Å²) in [5.41, 5.74) is 0. The van der Waals surface area contributed by atoms with Gasteiger partial charge in [0.25, 0.3) is 0 Å². The summed E-state index contributed by atoms with van der Waals surface area (Å²) in [6, 6.07) is -5.07. The molecule has 8 rings (SSSR count). The van der Waals surface area contributed by atoms with Crippen molar-refractivity contribution < 1.29 is 203 Å². The molecule has 25 N–H and O–H groups in total. The van der Waals surface area contributed by atoms with Crippen molar-refractivity contribution in [3.05, 3.63) is 12.2 Å². The number of carbonyl (C=O) groups excluding carboxylic acids is 3. The van der Waals surface area contributed by atoms with Gasteiger partial charge >= 0.3 is 0 Å². The van der Waals surface area contributed by atoms with Crippen LogP contribution in [0.2, 0.25) is 0 Å². The van der Waals surface area contributed by atoms with Crippen LogP contribution in [0, 0.1) is 0 Å².